The molecule has 0 radical (unpaired) electrons. The van der Waals surface area contributed by atoms with Gasteiger partial charge >= 0.3 is 0 Å². The van der Waals surface area contributed by atoms with Gasteiger partial charge in [0.05, 0.1) is 12.1 Å². The third-order valence-corrected chi connectivity index (χ3v) is 4.20. The van der Waals surface area contributed by atoms with Gasteiger partial charge < -0.3 is 15.0 Å². The Balaban J connectivity index is 2.19. The molecule has 4 nitrogen and oxygen atoms in total. The predicted octanol–water partition coefficient (Wildman–Crippen LogP) is 3.85. The van der Waals surface area contributed by atoms with Crippen molar-refractivity contribution in [1.29, 1.82) is 0 Å². The Kier molecular flexibility index (Phi) is 3.57. The lowest BCUT2D eigenvalue weighted by Crippen LogP contribution is -1.98. The summed E-state index contributed by atoms with van der Waals surface area (Å²) in [5.41, 5.74) is 9.60. The average Bonchev–Trinajstić information content (AvgIpc) is 2.73. The molecule has 1 aliphatic rings. The number of nitrogen functional groups attached to an aromatic ring is 1. The van der Waals surface area contributed by atoms with Crippen molar-refractivity contribution in [3.63, 3.8) is 0 Å². The second kappa shape index (κ2) is 5.37. The van der Waals surface area contributed by atoms with E-state index in [1.165, 1.54) is 30.4 Å². The molecule has 0 fully saturated rings. The first kappa shape index (κ1) is 13.3. The van der Waals surface area contributed by atoms with Crippen LogP contribution in [-0.4, -0.2) is 12.3 Å². The molecule has 5 heteroatoms. The van der Waals surface area contributed by atoms with Crippen LogP contribution in [0.4, 0.5) is 5.88 Å². The number of ether oxygens (including phenoxy) is 1. The van der Waals surface area contributed by atoms with E-state index in [1.54, 1.807) is 13.2 Å². The molecule has 1 aliphatic carbocycles. The molecule has 0 unspecified atom stereocenters. The summed E-state index contributed by atoms with van der Waals surface area (Å²) in [6.07, 6.45) is 5.65. The van der Waals surface area contributed by atoms with Gasteiger partial charge in [-0.3, -0.25) is 0 Å². The number of nitrogens with zero attached hydrogens (tertiary/aromatic N) is 1. The summed E-state index contributed by atoms with van der Waals surface area (Å²) in [5, 5.41) is 4.67. The molecule has 0 saturated carbocycles. The van der Waals surface area contributed by atoms with Crippen LogP contribution in [0.1, 0.15) is 30.4 Å². The predicted molar refractivity (Wildman–Crippen MR) is 79.2 cm³/mol. The van der Waals surface area contributed by atoms with E-state index in [2.05, 4.69) is 11.2 Å². The van der Waals surface area contributed by atoms with Crippen LogP contribution >= 0.6 is 11.6 Å². The standard InChI is InChI=1S/C15H17ClN2O2/c1-19-15-11(12-8-13(17)20-18-12)7-9-5-3-2-4-6-10(9)14(15)16/h7-8H,2-6,17H2,1H3. The molecule has 0 amide bonds. The Hall–Kier alpha value is -1.68. The molecule has 2 N–H and O–H groups in total. The Morgan fingerprint density at radius 3 is 2.75 bits per heavy atom. The van der Waals surface area contributed by atoms with Gasteiger partial charge in [-0.25, -0.2) is 0 Å². The van der Waals surface area contributed by atoms with E-state index in [4.69, 9.17) is 26.6 Å². The monoisotopic (exact) mass is 292 g/mol. The van der Waals surface area contributed by atoms with Gasteiger partial charge in [0.15, 0.2) is 0 Å². The van der Waals surface area contributed by atoms with Crippen LogP contribution in [0.3, 0.4) is 0 Å². The number of hydrogen-bond donors (Lipinski definition) is 1. The van der Waals surface area contributed by atoms with Gasteiger partial charge in [-0.15, -0.1) is 0 Å². The minimum Gasteiger partial charge on any atom is -0.494 e. The Labute approximate surface area is 122 Å². The molecule has 0 bridgehead atoms. The number of aryl methyl sites for hydroxylation is 1. The molecule has 1 heterocycles. The average molecular weight is 293 g/mol. The van der Waals surface area contributed by atoms with Crippen molar-refractivity contribution in [1.82, 2.24) is 5.16 Å². The molecular weight excluding hydrogens is 276 g/mol. The zero-order chi connectivity index (χ0) is 14.1. The zero-order valence-electron chi connectivity index (χ0n) is 11.4. The molecule has 1 aromatic carbocycles. The third-order valence-electron chi connectivity index (χ3n) is 3.80. The number of halogens is 1. The Bertz CT molecular complexity index is 637. The highest BCUT2D eigenvalue weighted by Gasteiger charge is 2.21. The highest BCUT2D eigenvalue weighted by Crippen LogP contribution is 2.42. The highest BCUT2D eigenvalue weighted by molar-refractivity contribution is 6.33. The van der Waals surface area contributed by atoms with Crippen molar-refractivity contribution >= 4 is 17.5 Å². The van der Waals surface area contributed by atoms with Crippen molar-refractivity contribution in [3.8, 4) is 17.0 Å². The summed E-state index contributed by atoms with van der Waals surface area (Å²) in [5.74, 6) is 0.939. The Morgan fingerprint density at radius 1 is 1.25 bits per heavy atom. The van der Waals surface area contributed by atoms with Crippen molar-refractivity contribution in [2.24, 2.45) is 0 Å². The van der Waals surface area contributed by atoms with E-state index in [0.717, 1.165) is 18.4 Å². The first-order chi connectivity index (χ1) is 9.70. The van der Waals surface area contributed by atoms with E-state index in [-0.39, 0.29) is 5.88 Å². The summed E-state index contributed by atoms with van der Waals surface area (Å²) >= 11 is 6.55. The van der Waals surface area contributed by atoms with E-state index in [0.29, 0.717) is 16.5 Å². The van der Waals surface area contributed by atoms with E-state index < -0.39 is 0 Å². The minimum atomic E-state index is 0.285. The van der Waals surface area contributed by atoms with Crippen molar-refractivity contribution in [2.75, 3.05) is 12.8 Å². The number of fused-ring (bicyclic) bond motifs is 1. The number of rotatable bonds is 2. The molecule has 20 heavy (non-hydrogen) atoms. The van der Waals surface area contributed by atoms with Crippen LogP contribution < -0.4 is 10.5 Å². The fraction of sp³-hybridized carbons (Fsp3) is 0.400. The largest absolute Gasteiger partial charge is 0.494 e. The lowest BCUT2D eigenvalue weighted by Gasteiger charge is -2.15. The molecule has 1 aromatic heterocycles. The number of aromatic nitrogens is 1. The van der Waals surface area contributed by atoms with Gasteiger partial charge in [-0.1, -0.05) is 23.2 Å². The van der Waals surface area contributed by atoms with Gasteiger partial charge in [-0.2, -0.15) is 0 Å². The molecule has 3 rings (SSSR count). The second-order valence-electron chi connectivity index (χ2n) is 5.08. The number of anilines is 1. The number of benzene rings is 1. The Morgan fingerprint density at radius 2 is 2.05 bits per heavy atom. The molecule has 0 atom stereocenters. The molecule has 2 aromatic rings. The zero-order valence-corrected chi connectivity index (χ0v) is 12.2. The maximum absolute atomic E-state index is 6.55. The van der Waals surface area contributed by atoms with Gasteiger partial charge in [0.25, 0.3) is 0 Å². The van der Waals surface area contributed by atoms with E-state index in [1.807, 2.05) is 0 Å². The quantitative estimate of drug-likeness (QED) is 0.854. The smallest absolute Gasteiger partial charge is 0.222 e. The van der Waals surface area contributed by atoms with Crippen LogP contribution in [0, 0.1) is 0 Å². The minimum absolute atomic E-state index is 0.285. The fourth-order valence-electron chi connectivity index (χ4n) is 2.82. The van der Waals surface area contributed by atoms with Crippen LogP contribution in [0.2, 0.25) is 5.02 Å². The first-order valence-electron chi connectivity index (χ1n) is 6.81. The number of hydrogen-bond acceptors (Lipinski definition) is 4. The summed E-state index contributed by atoms with van der Waals surface area (Å²) < 4.78 is 10.4. The van der Waals surface area contributed by atoms with Crippen molar-refractivity contribution < 1.29 is 9.26 Å². The fourth-order valence-corrected chi connectivity index (χ4v) is 3.21. The van der Waals surface area contributed by atoms with E-state index in [9.17, 15) is 0 Å². The molecule has 0 aliphatic heterocycles. The first-order valence-corrected chi connectivity index (χ1v) is 7.19. The second-order valence-corrected chi connectivity index (χ2v) is 5.46. The normalized spacial score (nSPS) is 14.7. The van der Waals surface area contributed by atoms with Gasteiger partial charge in [0, 0.05) is 11.6 Å². The maximum atomic E-state index is 6.55. The topological polar surface area (TPSA) is 61.3 Å². The van der Waals surface area contributed by atoms with Crippen LogP contribution in [0.5, 0.6) is 5.75 Å². The van der Waals surface area contributed by atoms with Crippen molar-refractivity contribution in [3.05, 3.63) is 28.3 Å². The highest BCUT2D eigenvalue weighted by atomic mass is 35.5. The maximum Gasteiger partial charge on any atom is 0.222 e. The lowest BCUT2D eigenvalue weighted by atomic mass is 9.97. The van der Waals surface area contributed by atoms with Gasteiger partial charge in [0.2, 0.25) is 5.88 Å². The molecule has 0 spiro atoms. The summed E-state index contributed by atoms with van der Waals surface area (Å²) in [6.45, 7) is 0. The summed E-state index contributed by atoms with van der Waals surface area (Å²) in [7, 11) is 1.62. The van der Waals surface area contributed by atoms with Crippen LogP contribution in [-0.2, 0) is 12.8 Å². The number of nitrogens with two attached hydrogens (primary N) is 1. The van der Waals surface area contributed by atoms with Crippen LogP contribution in [0.15, 0.2) is 16.7 Å². The van der Waals surface area contributed by atoms with Crippen LogP contribution in [0.25, 0.3) is 11.3 Å². The summed E-state index contributed by atoms with van der Waals surface area (Å²) in [6, 6.07) is 3.81. The van der Waals surface area contributed by atoms with Crippen molar-refractivity contribution in [2.45, 2.75) is 32.1 Å². The third kappa shape index (κ3) is 2.24. The molecular formula is C15H17ClN2O2. The van der Waals surface area contributed by atoms with Gasteiger partial charge in [0.1, 0.15) is 11.4 Å². The molecule has 0 saturated heterocycles. The molecule has 106 valence electrons. The summed E-state index contributed by atoms with van der Waals surface area (Å²) in [4.78, 5) is 0. The number of methoxy groups -OCH3 is 1. The SMILES string of the molecule is COc1c(-c2cc(N)on2)cc2c(c1Cl)CCCCC2. The van der Waals surface area contributed by atoms with Gasteiger partial charge in [-0.05, 0) is 42.9 Å². The lowest BCUT2D eigenvalue weighted by molar-refractivity contribution is 0.413. The van der Waals surface area contributed by atoms with E-state index >= 15 is 0 Å².